The number of carboxylic acid groups (broad SMARTS) is 1. The lowest BCUT2D eigenvalue weighted by molar-refractivity contribution is -0.0711. The first kappa shape index (κ1) is 32.9. The van der Waals surface area contributed by atoms with Gasteiger partial charge in [0, 0.05) is 24.7 Å². The molecule has 4 heterocycles. The van der Waals surface area contributed by atoms with Crippen LogP contribution in [-0.2, 0) is 31.8 Å². The molecule has 7 rings (SSSR count). The number of hydrogen-bond acceptors (Lipinski definition) is 6. The first-order chi connectivity index (χ1) is 22.2. The van der Waals surface area contributed by atoms with Gasteiger partial charge in [0.25, 0.3) is 5.79 Å². The first-order valence-electron chi connectivity index (χ1n) is 15.6. The van der Waals surface area contributed by atoms with Crippen LogP contribution in [-0.4, -0.2) is 48.2 Å². The Kier molecular flexibility index (Phi) is 9.24. The van der Waals surface area contributed by atoms with Crippen molar-refractivity contribution in [3.8, 4) is 11.5 Å². The third-order valence-electron chi connectivity index (χ3n) is 9.20. The summed E-state index contributed by atoms with van der Waals surface area (Å²) in [5.74, 6) is -0.0737. The lowest BCUT2D eigenvalue weighted by Crippen LogP contribution is -2.35. The summed E-state index contributed by atoms with van der Waals surface area (Å²) in [5, 5.41) is 9.96. The van der Waals surface area contributed by atoms with Crippen molar-refractivity contribution in [1.29, 1.82) is 0 Å². The number of aromatic carboxylic acids is 1. The summed E-state index contributed by atoms with van der Waals surface area (Å²) in [5.41, 5.74) is 4.22. The van der Waals surface area contributed by atoms with Gasteiger partial charge in [-0.1, -0.05) is 23.7 Å². The molecule has 5 aromatic rings. The average Bonchev–Trinajstić information content (AvgIpc) is 3.73. The second-order valence-corrected chi connectivity index (χ2v) is 12.7. The van der Waals surface area contributed by atoms with Gasteiger partial charge in [0.15, 0.2) is 11.5 Å². The highest BCUT2D eigenvalue weighted by atomic mass is 35.5. The van der Waals surface area contributed by atoms with E-state index in [9.17, 15) is 14.3 Å². The number of piperidine rings is 1. The van der Waals surface area contributed by atoms with Crippen molar-refractivity contribution in [3.63, 3.8) is 0 Å². The molecule has 9 nitrogen and oxygen atoms in total. The number of imidazole rings is 2. The number of nitrogens with zero attached hydrogens (tertiary/aromatic N) is 5. The number of ether oxygens (including phenoxy) is 2. The number of halogens is 2. The largest absolute Gasteiger partial charge is 0.478 e. The molecular formula is C35H37ClFN5O4S. The van der Waals surface area contributed by atoms with E-state index in [1.54, 1.807) is 37.3 Å². The van der Waals surface area contributed by atoms with Crippen LogP contribution in [0.15, 0.2) is 67.1 Å². The number of likely N-dealkylation sites (tertiary alicyclic amines) is 1. The van der Waals surface area contributed by atoms with Gasteiger partial charge in [0.2, 0.25) is 0 Å². The van der Waals surface area contributed by atoms with Gasteiger partial charge in [-0.2, -0.15) is 13.5 Å². The summed E-state index contributed by atoms with van der Waals surface area (Å²) in [4.78, 5) is 23.5. The summed E-state index contributed by atoms with van der Waals surface area (Å²) in [6.07, 6.45) is 6.50. The Hall–Kier alpha value is -4.06. The van der Waals surface area contributed by atoms with Crippen LogP contribution >= 0.6 is 25.1 Å². The molecule has 0 amide bonds. The summed E-state index contributed by atoms with van der Waals surface area (Å²) in [7, 11) is 0. The molecule has 1 saturated heterocycles. The van der Waals surface area contributed by atoms with Crippen molar-refractivity contribution in [2.75, 3.05) is 13.1 Å². The molecule has 0 unspecified atom stereocenters. The summed E-state index contributed by atoms with van der Waals surface area (Å²) < 4.78 is 31.5. The van der Waals surface area contributed by atoms with E-state index in [1.165, 1.54) is 6.07 Å². The van der Waals surface area contributed by atoms with Gasteiger partial charge in [-0.15, -0.1) is 0 Å². The molecule has 0 bridgehead atoms. The quantitative estimate of drug-likeness (QED) is 0.180. The van der Waals surface area contributed by atoms with Crippen LogP contribution in [0, 0.1) is 11.7 Å². The number of fused-ring (bicyclic) bond motifs is 2. The third kappa shape index (κ3) is 6.44. The van der Waals surface area contributed by atoms with Gasteiger partial charge in [0.1, 0.15) is 11.6 Å². The minimum atomic E-state index is -1.28. The van der Waals surface area contributed by atoms with Crippen LogP contribution in [0.5, 0.6) is 11.5 Å². The fourth-order valence-electron chi connectivity index (χ4n) is 6.70. The van der Waals surface area contributed by atoms with Gasteiger partial charge in [0.05, 0.1) is 47.3 Å². The number of aryl methyl sites for hydroxylation is 1. The predicted molar refractivity (Wildman–Crippen MR) is 182 cm³/mol. The Morgan fingerprint density at radius 1 is 1.11 bits per heavy atom. The highest BCUT2D eigenvalue weighted by Crippen LogP contribution is 2.47. The minimum absolute atomic E-state index is 0. The maximum atomic E-state index is 14.8. The zero-order valence-corrected chi connectivity index (χ0v) is 28.0. The molecule has 12 heteroatoms. The van der Waals surface area contributed by atoms with Crippen molar-refractivity contribution >= 4 is 42.1 Å². The lowest BCUT2D eigenvalue weighted by atomic mass is 9.89. The van der Waals surface area contributed by atoms with Crippen LogP contribution in [0.2, 0.25) is 5.02 Å². The van der Waals surface area contributed by atoms with E-state index in [-0.39, 0.29) is 19.1 Å². The Morgan fingerprint density at radius 3 is 2.66 bits per heavy atom. The average molecular weight is 678 g/mol. The van der Waals surface area contributed by atoms with Crippen molar-refractivity contribution in [2.45, 2.75) is 58.5 Å². The predicted octanol–water partition coefficient (Wildman–Crippen LogP) is 7.00. The van der Waals surface area contributed by atoms with Crippen LogP contribution in [0.3, 0.4) is 0 Å². The molecule has 1 fully saturated rings. The molecule has 2 aliphatic heterocycles. The van der Waals surface area contributed by atoms with Crippen molar-refractivity contribution < 1.29 is 23.8 Å². The second-order valence-electron chi connectivity index (χ2n) is 12.2. The molecular weight excluding hydrogens is 641 g/mol. The Labute approximate surface area is 284 Å². The Morgan fingerprint density at radius 2 is 1.91 bits per heavy atom. The first-order valence-corrected chi connectivity index (χ1v) is 16.0. The highest BCUT2D eigenvalue weighted by Gasteiger charge is 2.42. The van der Waals surface area contributed by atoms with Gasteiger partial charge >= 0.3 is 5.97 Å². The van der Waals surface area contributed by atoms with E-state index >= 15 is 0 Å². The molecule has 2 aliphatic rings. The van der Waals surface area contributed by atoms with E-state index in [0.717, 1.165) is 67.0 Å². The van der Waals surface area contributed by atoms with E-state index in [4.69, 9.17) is 26.1 Å². The number of hydrogen-bond donors (Lipinski definition) is 1. The monoisotopic (exact) mass is 677 g/mol. The van der Waals surface area contributed by atoms with Gasteiger partial charge in [-0.05, 0) is 93.2 Å². The molecule has 3 aromatic carbocycles. The van der Waals surface area contributed by atoms with Crippen molar-refractivity contribution in [2.24, 2.45) is 5.92 Å². The SMILES string of the molecule is CCn1cncc1Cn1c(CN2CCC(Cc3cccc4c3O[C@@](C)(c3ccc(Cl)cc3F)O4)CC2)nc2ccc(C(=O)O)cc21.S. The second kappa shape index (κ2) is 13.2. The van der Waals surface area contributed by atoms with Gasteiger partial charge in [-0.25, -0.2) is 19.2 Å². The van der Waals surface area contributed by atoms with Crippen LogP contribution in [0.25, 0.3) is 11.0 Å². The van der Waals surface area contributed by atoms with Crippen molar-refractivity contribution in [3.05, 3.63) is 106 Å². The minimum Gasteiger partial charge on any atom is -0.478 e. The molecule has 0 aliphatic carbocycles. The number of carbonyl (C=O) groups is 1. The summed E-state index contributed by atoms with van der Waals surface area (Å²) >= 11 is 5.98. The number of benzene rings is 3. The van der Waals surface area contributed by atoms with E-state index < -0.39 is 17.6 Å². The standard InChI is InChI=1S/C35H35ClFN5O4.H2S/c1-3-41-21-38-18-26(41)19-42-30-16-24(34(43)44)7-10-29(30)39-32(42)20-40-13-11-22(12-14-40)15-23-5-4-6-31-33(23)46-35(2,45-31)27-9-8-25(36)17-28(27)37;/h4-10,16-18,21-22H,3,11-15,19-20H2,1-2H3,(H,43,44);1H2/t35-;/m0./s1. The summed E-state index contributed by atoms with van der Waals surface area (Å²) in [6.45, 7) is 7.62. The van der Waals surface area contributed by atoms with Crippen LogP contribution in [0.4, 0.5) is 4.39 Å². The van der Waals surface area contributed by atoms with Crippen LogP contribution in [0.1, 0.15) is 59.7 Å². The fourth-order valence-corrected chi connectivity index (χ4v) is 6.86. The van der Waals surface area contributed by atoms with Crippen LogP contribution < -0.4 is 9.47 Å². The van der Waals surface area contributed by atoms with Gasteiger partial charge < -0.3 is 23.7 Å². The molecule has 2 aromatic heterocycles. The smallest absolute Gasteiger partial charge is 0.335 e. The third-order valence-corrected chi connectivity index (χ3v) is 9.43. The highest BCUT2D eigenvalue weighted by molar-refractivity contribution is 7.59. The number of rotatable bonds is 9. The Bertz CT molecular complexity index is 1940. The topological polar surface area (TPSA) is 94.6 Å². The normalized spacial score (nSPS) is 18.0. The zero-order valence-electron chi connectivity index (χ0n) is 26.2. The van der Waals surface area contributed by atoms with Crippen molar-refractivity contribution in [1.82, 2.24) is 24.0 Å². The molecule has 0 saturated carbocycles. The maximum absolute atomic E-state index is 14.8. The van der Waals surface area contributed by atoms with Gasteiger partial charge in [-0.3, -0.25) is 4.90 Å². The number of carboxylic acids is 1. The maximum Gasteiger partial charge on any atom is 0.335 e. The molecule has 47 heavy (non-hydrogen) atoms. The molecule has 246 valence electrons. The number of aromatic nitrogens is 4. The Balaban J connectivity index is 0.00000386. The fraction of sp³-hybridized carbons (Fsp3) is 0.343. The van der Waals surface area contributed by atoms with E-state index in [0.29, 0.717) is 41.1 Å². The molecule has 1 atom stereocenters. The zero-order chi connectivity index (χ0) is 32.0. The molecule has 1 N–H and O–H groups in total. The lowest BCUT2D eigenvalue weighted by Gasteiger charge is -2.32. The molecule has 0 radical (unpaired) electrons. The summed E-state index contributed by atoms with van der Waals surface area (Å²) in [6, 6.07) is 15.5. The van der Waals surface area contributed by atoms with E-state index in [2.05, 4.69) is 32.0 Å². The van der Waals surface area contributed by atoms with E-state index in [1.807, 2.05) is 24.7 Å². The number of para-hydroxylation sites is 1. The molecule has 0 spiro atoms.